The van der Waals surface area contributed by atoms with Crippen LogP contribution in [-0.2, 0) is 14.2 Å². The fraction of sp³-hybridized carbons (Fsp3) is 0.800. The third kappa shape index (κ3) is 7.90. The van der Waals surface area contributed by atoms with Gasteiger partial charge in [0.2, 0.25) is 0 Å². The number of ether oxygens (including phenoxy) is 3. The smallest absolute Gasteiger partial charge is 0.450 e. The monoisotopic (exact) mass is 234 g/mol. The summed E-state index contributed by atoms with van der Waals surface area (Å²) in [5, 5.41) is 7.94. The van der Waals surface area contributed by atoms with Crippen LogP contribution in [0, 0.1) is 5.92 Å². The zero-order valence-electron chi connectivity index (χ0n) is 9.98. The number of carboxylic acid groups (broad SMARTS) is 1. The van der Waals surface area contributed by atoms with E-state index >= 15 is 0 Å². The topological polar surface area (TPSA) is 82.1 Å². The number of cyclic esters (lactones) is 2. The maximum atomic E-state index is 10.2. The molecule has 0 spiro atoms. The SMILES string of the molecule is CC(C)COC(=O)O.CC1(C)COC(=O)O1. The molecule has 1 heterocycles. The first-order chi connectivity index (χ1) is 7.23. The van der Waals surface area contributed by atoms with Crippen LogP contribution in [0.2, 0.25) is 0 Å². The Morgan fingerprint density at radius 3 is 2.25 bits per heavy atom. The summed E-state index contributed by atoms with van der Waals surface area (Å²) >= 11 is 0. The largest absolute Gasteiger partial charge is 0.509 e. The van der Waals surface area contributed by atoms with E-state index in [1.54, 1.807) is 13.8 Å². The molecule has 0 atom stereocenters. The highest BCUT2D eigenvalue weighted by Crippen LogP contribution is 2.17. The van der Waals surface area contributed by atoms with Gasteiger partial charge < -0.3 is 19.3 Å². The van der Waals surface area contributed by atoms with E-state index in [9.17, 15) is 9.59 Å². The van der Waals surface area contributed by atoms with Crippen molar-refractivity contribution in [1.29, 1.82) is 0 Å². The van der Waals surface area contributed by atoms with Gasteiger partial charge in [-0.1, -0.05) is 13.8 Å². The van der Waals surface area contributed by atoms with E-state index in [4.69, 9.17) is 5.11 Å². The fourth-order valence-corrected chi connectivity index (χ4v) is 0.755. The molecule has 1 aliphatic rings. The predicted octanol–water partition coefficient (Wildman–Crippen LogP) is 2.27. The van der Waals surface area contributed by atoms with Crippen LogP contribution in [0.4, 0.5) is 9.59 Å². The first-order valence-corrected chi connectivity index (χ1v) is 4.94. The molecule has 0 aliphatic carbocycles. The van der Waals surface area contributed by atoms with Crippen molar-refractivity contribution in [3.8, 4) is 0 Å². The zero-order valence-corrected chi connectivity index (χ0v) is 9.98. The van der Waals surface area contributed by atoms with Crippen LogP contribution in [0.15, 0.2) is 0 Å². The van der Waals surface area contributed by atoms with E-state index < -0.39 is 17.9 Å². The van der Waals surface area contributed by atoms with Crippen molar-refractivity contribution >= 4 is 12.3 Å². The highest BCUT2D eigenvalue weighted by molar-refractivity contribution is 5.62. The average molecular weight is 234 g/mol. The highest BCUT2D eigenvalue weighted by atomic mass is 16.8. The van der Waals surface area contributed by atoms with Crippen LogP contribution in [0.25, 0.3) is 0 Å². The highest BCUT2D eigenvalue weighted by Gasteiger charge is 2.32. The van der Waals surface area contributed by atoms with Crippen LogP contribution in [0.5, 0.6) is 0 Å². The quantitative estimate of drug-likeness (QED) is 0.738. The number of hydrogen-bond donors (Lipinski definition) is 1. The number of carbonyl (C=O) groups is 2. The Balaban J connectivity index is 0.000000281. The first kappa shape index (κ1) is 14.5. The van der Waals surface area contributed by atoms with Gasteiger partial charge >= 0.3 is 12.3 Å². The molecule has 94 valence electrons. The zero-order chi connectivity index (χ0) is 12.8. The van der Waals surface area contributed by atoms with Gasteiger partial charge in [0, 0.05) is 0 Å². The minimum atomic E-state index is -1.20. The molecule has 16 heavy (non-hydrogen) atoms. The van der Waals surface area contributed by atoms with Crippen molar-refractivity contribution in [1.82, 2.24) is 0 Å². The molecule has 0 unspecified atom stereocenters. The summed E-state index contributed by atoms with van der Waals surface area (Å²) < 4.78 is 13.4. The summed E-state index contributed by atoms with van der Waals surface area (Å²) in [5.74, 6) is 0.283. The van der Waals surface area contributed by atoms with Crippen molar-refractivity contribution in [2.75, 3.05) is 13.2 Å². The summed E-state index contributed by atoms with van der Waals surface area (Å²) in [4.78, 5) is 19.9. The summed E-state index contributed by atoms with van der Waals surface area (Å²) in [7, 11) is 0. The third-order valence-corrected chi connectivity index (χ3v) is 1.44. The number of hydrogen-bond acceptors (Lipinski definition) is 5. The van der Waals surface area contributed by atoms with Crippen molar-refractivity contribution in [3.63, 3.8) is 0 Å². The standard InChI is InChI=1S/C5H8O3.C5H10O3/c1-5(2)3-7-4(6)8-5;1-4(2)3-8-5(6)7/h3H2,1-2H3;4H,3H2,1-2H3,(H,6,7). The molecule has 0 aromatic carbocycles. The van der Waals surface area contributed by atoms with Gasteiger partial charge in [0.1, 0.15) is 12.2 Å². The Bertz CT molecular complexity index is 246. The van der Waals surface area contributed by atoms with Crippen LogP contribution in [0.3, 0.4) is 0 Å². The molecule has 0 aromatic rings. The number of carbonyl (C=O) groups excluding carboxylic acids is 1. The lowest BCUT2D eigenvalue weighted by Crippen LogP contribution is -2.21. The molecule has 6 nitrogen and oxygen atoms in total. The van der Waals surface area contributed by atoms with Gasteiger partial charge in [0.05, 0.1) is 6.61 Å². The van der Waals surface area contributed by atoms with E-state index in [0.29, 0.717) is 6.61 Å². The second-order valence-corrected chi connectivity index (χ2v) is 4.37. The van der Waals surface area contributed by atoms with Crippen LogP contribution in [0.1, 0.15) is 27.7 Å². The lowest BCUT2D eigenvalue weighted by Gasteiger charge is -2.09. The Kier molecular flexibility index (Phi) is 5.63. The molecule has 1 fully saturated rings. The van der Waals surface area contributed by atoms with Gasteiger partial charge in [0.15, 0.2) is 0 Å². The molecule has 1 N–H and O–H groups in total. The molecule has 0 aromatic heterocycles. The molecule has 6 heteroatoms. The van der Waals surface area contributed by atoms with Gasteiger partial charge in [0.25, 0.3) is 0 Å². The molecule has 0 radical (unpaired) electrons. The Labute approximate surface area is 94.5 Å². The summed E-state index contributed by atoms with van der Waals surface area (Å²) in [6, 6.07) is 0. The van der Waals surface area contributed by atoms with Crippen LogP contribution >= 0.6 is 0 Å². The molecule has 1 aliphatic heterocycles. The third-order valence-electron chi connectivity index (χ3n) is 1.44. The van der Waals surface area contributed by atoms with Gasteiger partial charge in [-0.25, -0.2) is 9.59 Å². The van der Waals surface area contributed by atoms with Crippen molar-refractivity contribution < 1.29 is 28.9 Å². The van der Waals surface area contributed by atoms with E-state index in [1.165, 1.54) is 0 Å². The second kappa shape index (κ2) is 6.19. The molecule has 0 saturated carbocycles. The van der Waals surface area contributed by atoms with Crippen LogP contribution in [-0.4, -0.2) is 36.2 Å². The van der Waals surface area contributed by atoms with Gasteiger partial charge in [-0.3, -0.25) is 0 Å². The predicted molar refractivity (Wildman–Crippen MR) is 55.3 cm³/mol. The van der Waals surface area contributed by atoms with Crippen molar-refractivity contribution in [2.45, 2.75) is 33.3 Å². The Morgan fingerprint density at radius 2 is 2.12 bits per heavy atom. The summed E-state index contributed by atoms with van der Waals surface area (Å²) in [6.45, 7) is 8.04. The van der Waals surface area contributed by atoms with Crippen molar-refractivity contribution in [3.05, 3.63) is 0 Å². The molecule has 1 rings (SSSR count). The average Bonchev–Trinajstić information content (AvgIpc) is 2.42. The molecule has 0 amide bonds. The van der Waals surface area contributed by atoms with E-state index in [2.05, 4.69) is 14.2 Å². The molecule has 1 saturated heterocycles. The van der Waals surface area contributed by atoms with Crippen molar-refractivity contribution in [2.24, 2.45) is 5.92 Å². The molecular weight excluding hydrogens is 216 g/mol. The fourth-order valence-electron chi connectivity index (χ4n) is 0.755. The minimum Gasteiger partial charge on any atom is -0.450 e. The lowest BCUT2D eigenvalue weighted by atomic mass is 10.2. The minimum absolute atomic E-state index is 0.283. The first-order valence-electron chi connectivity index (χ1n) is 4.94. The Morgan fingerprint density at radius 1 is 1.56 bits per heavy atom. The van der Waals surface area contributed by atoms with E-state index in [-0.39, 0.29) is 12.5 Å². The van der Waals surface area contributed by atoms with E-state index in [1.807, 2.05) is 13.8 Å². The molecular formula is C10H18O6. The summed E-state index contributed by atoms with van der Waals surface area (Å²) in [6.07, 6.45) is -1.76. The van der Waals surface area contributed by atoms with Gasteiger partial charge in [-0.15, -0.1) is 0 Å². The molecule has 0 bridgehead atoms. The summed E-state index contributed by atoms with van der Waals surface area (Å²) in [5.41, 5.74) is -0.406. The van der Waals surface area contributed by atoms with Gasteiger partial charge in [-0.2, -0.15) is 0 Å². The van der Waals surface area contributed by atoms with Crippen LogP contribution < -0.4 is 0 Å². The normalized spacial score (nSPS) is 16.9. The number of rotatable bonds is 2. The Hall–Kier alpha value is -1.46. The van der Waals surface area contributed by atoms with E-state index in [0.717, 1.165) is 0 Å². The lowest BCUT2D eigenvalue weighted by molar-refractivity contribution is 0.0810. The maximum Gasteiger partial charge on any atom is 0.509 e. The van der Waals surface area contributed by atoms with Gasteiger partial charge in [-0.05, 0) is 19.8 Å². The second-order valence-electron chi connectivity index (χ2n) is 4.37. The maximum absolute atomic E-state index is 10.2.